The van der Waals surface area contributed by atoms with Crippen molar-refractivity contribution in [2.75, 3.05) is 26.3 Å². The maximum Gasteiger partial charge on any atom is 0.291 e. The van der Waals surface area contributed by atoms with E-state index in [9.17, 15) is 9.59 Å². The van der Waals surface area contributed by atoms with Crippen LogP contribution in [0, 0.1) is 6.92 Å². The first-order chi connectivity index (χ1) is 11.6. The molecule has 24 heavy (non-hydrogen) atoms. The van der Waals surface area contributed by atoms with E-state index in [1.807, 2.05) is 18.5 Å². The Balaban J connectivity index is 1.74. The summed E-state index contributed by atoms with van der Waals surface area (Å²) in [6.45, 7) is 4.23. The van der Waals surface area contributed by atoms with Gasteiger partial charge < -0.3 is 14.2 Å². The number of amides is 1. The minimum absolute atomic E-state index is 0.0351. The first-order valence-electron chi connectivity index (χ1n) is 7.86. The van der Waals surface area contributed by atoms with Gasteiger partial charge in [-0.2, -0.15) is 5.10 Å². The van der Waals surface area contributed by atoms with Crippen molar-refractivity contribution < 1.29 is 9.53 Å². The Bertz CT molecular complexity index is 994. The molecule has 0 aliphatic carbocycles. The Morgan fingerprint density at radius 3 is 2.88 bits per heavy atom. The van der Waals surface area contributed by atoms with E-state index in [2.05, 4.69) is 11.2 Å². The lowest BCUT2D eigenvalue weighted by Gasteiger charge is -2.26. The van der Waals surface area contributed by atoms with E-state index in [-0.39, 0.29) is 18.0 Å². The van der Waals surface area contributed by atoms with E-state index >= 15 is 0 Å². The molecule has 0 N–H and O–H groups in total. The number of aromatic nitrogens is 3. The lowest BCUT2D eigenvalue weighted by Crippen LogP contribution is -2.43. The number of rotatable bonds is 2. The highest BCUT2D eigenvalue weighted by atomic mass is 32.1. The van der Waals surface area contributed by atoms with E-state index in [1.165, 1.54) is 9.56 Å². The van der Waals surface area contributed by atoms with E-state index in [1.54, 1.807) is 22.4 Å². The second kappa shape index (κ2) is 5.71. The average Bonchev–Trinajstić information content (AvgIpc) is 3.08. The molecule has 4 heterocycles. The minimum atomic E-state index is -0.224. The number of fused-ring (bicyclic) bond motifs is 3. The standard InChI is InChI=1S/C16H18N4O3S/c1-10-7-12-15(24-10)11-8-17-20(16(22)14(11)18(12)2)9-13(21)19-3-5-23-6-4-19/h7-8H,3-6,9H2,1-2H3. The van der Waals surface area contributed by atoms with Crippen LogP contribution in [0.4, 0.5) is 0 Å². The second-order valence-corrected chi connectivity index (χ2v) is 7.25. The van der Waals surface area contributed by atoms with Gasteiger partial charge in [-0.25, -0.2) is 4.68 Å². The maximum absolute atomic E-state index is 12.8. The topological polar surface area (TPSA) is 69.4 Å². The predicted molar refractivity (Wildman–Crippen MR) is 92.5 cm³/mol. The van der Waals surface area contributed by atoms with Crippen LogP contribution in [0.3, 0.4) is 0 Å². The van der Waals surface area contributed by atoms with Gasteiger partial charge in [0.25, 0.3) is 5.56 Å². The van der Waals surface area contributed by atoms with Crippen molar-refractivity contribution in [2.45, 2.75) is 13.5 Å². The molecule has 0 spiro atoms. The Labute approximate surface area is 142 Å². The van der Waals surface area contributed by atoms with Crippen molar-refractivity contribution in [2.24, 2.45) is 7.05 Å². The zero-order chi connectivity index (χ0) is 16.8. The molecule has 0 radical (unpaired) electrons. The van der Waals surface area contributed by atoms with Crippen LogP contribution >= 0.6 is 11.3 Å². The molecule has 8 heteroatoms. The Hall–Kier alpha value is -2.19. The fourth-order valence-corrected chi connectivity index (χ4v) is 4.24. The van der Waals surface area contributed by atoms with Crippen molar-refractivity contribution in [3.05, 3.63) is 27.5 Å². The summed E-state index contributed by atoms with van der Waals surface area (Å²) in [5, 5.41) is 5.09. The molecule has 4 rings (SSSR count). The Morgan fingerprint density at radius 2 is 2.12 bits per heavy atom. The summed E-state index contributed by atoms with van der Waals surface area (Å²) in [5.41, 5.74) is 1.40. The number of carbonyl (C=O) groups is 1. The van der Waals surface area contributed by atoms with Crippen molar-refractivity contribution in [3.8, 4) is 0 Å². The Morgan fingerprint density at radius 1 is 1.38 bits per heavy atom. The molecular formula is C16H18N4O3S. The summed E-state index contributed by atoms with van der Waals surface area (Å²) in [6.07, 6.45) is 1.70. The van der Waals surface area contributed by atoms with Crippen molar-refractivity contribution in [1.29, 1.82) is 0 Å². The van der Waals surface area contributed by atoms with Gasteiger partial charge in [0.05, 0.1) is 29.6 Å². The fourth-order valence-electron chi connectivity index (χ4n) is 3.19. The van der Waals surface area contributed by atoms with E-state index in [4.69, 9.17) is 4.74 Å². The summed E-state index contributed by atoms with van der Waals surface area (Å²) in [5.74, 6) is -0.0980. The lowest BCUT2D eigenvalue weighted by atomic mass is 10.3. The molecule has 1 saturated heterocycles. The quantitative estimate of drug-likeness (QED) is 0.697. The van der Waals surface area contributed by atoms with Crippen LogP contribution in [-0.2, 0) is 23.1 Å². The van der Waals surface area contributed by atoms with Crippen molar-refractivity contribution in [3.63, 3.8) is 0 Å². The summed E-state index contributed by atoms with van der Waals surface area (Å²) in [7, 11) is 1.88. The number of ether oxygens (including phenoxy) is 1. The molecule has 0 saturated carbocycles. The number of carbonyl (C=O) groups excluding carboxylic acids is 1. The van der Waals surface area contributed by atoms with Gasteiger partial charge in [0.15, 0.2) is 0 Å². The molecule has 1 aliphatic heterocycles. The number of morpholine rings is 1. The monoisotopic (exact) mass is 346 g/mol. The normalized spacial score (nSPS) is 15.5. The number of hydrogen-bond donors (Lipinski definition) is 0. The summed E-state index contributed by atoms with van der Waals surface area (Å²) >= 11 is 1.66. The largest absolute Gasteiger partial charge is 0.378 e. The van der Waals surface area contributed by atoms with Gasteiger partial charge >= 0.3 is 0 Å². The maximum atomic E-state index is 12.8. The molecule has 126 valence electrons. The molecule has 1 aliphatic rings. The smallest absolute Gasteiger partial charge is 0.291 e. The number of nitrogens with zero attached hydrogens (tertiary/aromatic N) is 4. The molecule has 7 nitrogen and oxygen atoms in total. The average molecular weight is 346 g/mol. The Kier molecular flexibility index (Phi) is 3.65. The van der Waals surface area contributed by atoms with Crippen LogP contribution in [0.1, 0.15) is 4.88 Å². The second-order valence-electron chi connectivity index (χ2n) is 5.99. The molecule has 0 atom stereocenters. The van der Waals surface area contributed by atoms with Gasteiger partial charge in [-0.15, -0.1) is 11.3 Å². The third-order valence-corrected chi connectivity index (χ3v) is 5.52. The molecule has 0 bridgehead atoms. The molecule has 3 aromatic rings. The lowest BCUT2D eigenvalue weighted by molar-refractivity contribution is -0.136. The van der Waals surface area contributed by atoms with Crippen LogP contribution in [0.2, 0.25) is 0 Å². The van der Waals surface area contributed by atoms with Gasteiger partial charge in [-0.05, 0) is 13.0 Å². The van der Waals surface area contributed by atoms with Gasteiger partial charge in [-0.1, -0.05) is 0 Å². The van der Waals surface area contributed by atoms with Crippen LogP contribution in [0.25, 0.3) is 21.1 Å². The SMILES string of the molecule is Cc1cc2c(s1)c1cnn(CC(=O)N3CCOCC3)c(=O)c1n2C. The first kappa shape index (κ1) is 15.3. The molecule has 3 aromatic heterocycles. The third kappa shape index (κ3) is 2.33. The summed E-state index contributed by atoms with van der Waals surface area (Å²) in [4.78, 5) is 28.1. The zero-order valence-electron chi connectivity index (χ0n) is 13.6. The number of hydrogen-bond acceptors (Lipinski definition) is 5. The molecular weight excluding hydrogens is 328 g/mol. The van der Waals surface area contributed by atoms with Crippen molar-refractivity contribution >= 4 is 38.4 Å². The van der Waals surface area contributed by atoms with E-state index in [0.717, 1.165) is 15.6 Å². The zero-order valence-corrected chi connectivity index (χ0v) is 14.4. The van der Waals surface area contributed by atoms with Gasteiger partial charge in [-0.3, -0.25) is 9.59 Å². The molecule has 1 amide bonds. The van der Waals surface area contributed by atoms with Crippen molar-refractivity contribution in [1.82, 2.24) is 19.2 Å². The van der Waals surface area contributed by atoms with Crippen LogP contribution < -0.4 is 5.56 Å². The van der Waals surface area contributed by atoms with Gasteiger partial charge in [0, 0.05) is 30.4 Å². The molecule has 0 aromatic carbocycles. The van der Waals surface area contributed by atoms with Gasteiger partial charge in [0.1, 0.15) is 12.1 Å². The highest BCUT2D eigenvalue weighted by Crippen LogP contribution is 2.32. The number of aryl methyl sites for hydroxylation is 2. The van der Waals surface area contributed by atoms with E-state index in [0.29, 0.717) is 31.8 Å². The molecule has 1 fully saturated rings. The van der Waals surface area contributed by atoms with Gasteiger partial charge in [0.2, 0.25) is 5.91 Å². The summed E-state index contributed by atoms with van der Waals surface area (Å²) < 4.78 is 9.48. The van der Waals surface area contributed by atoms with Crippen LogP contribution in [0.15, 0.2) is 17.1 Å². The highest BCUT2D eigenvalue weighted by Gasteiger charge is 2.20. The van der Waals surface area contributed by atoms with Crippen LogP contribution in [0.5, 0.6) is 0 Å². The predicted octanol–water partition coefficient (Wildman–Crippen LogP) is 1.12. The van der Waals surface area contributed by atoms with E-state index < -0.39 is 0 Å². The summed E-state index contributed by atoms with van der Waals surface area (Å²) in [6, 6.07) is 2.07. The third-order valence-electron chi connectivity index (χ3n) is 4.44. The molecule has 0 unspecified atom stereocenters. The minimum Gasteiger partial charge on any atom is -0.378 e. The van der Waals surface area contributed by atoms with Crippen LogP contribution in [-0.4, -0.2) is 51.5 Å². The number of thiophene rings is 1. The first-order valence-corrected chi connectivity index (χ1v) is 8.68. The fraction of sp³-hybridized carbons (Fsp3) is 0.438. The highest BCUT2D eigenvalue weighted by molar-refractivity contribution is 7.20.